The van der Waals surface area contributed by atoms with Crippen LogP contribution in [-0.4, -0.2) is 41.2 Å². The Kier molecular flexibility index (Phi) is 6.88. The van der Waals surface area contributed by atoms with Crippen LogP contribution in [-0.2, 0) is 22.4 Å². The summed E-state index contributed by atoms with van der Waals surface area (Å²) in [6.07, 6.45) is 2.07. The van der Waals surface area contributed by atoms with E-state index in [0.717, 1.165) is 17.7 Å². The van der Waals surface area contributed by atoms with Crippen LogP contribution >= 0.6 is 22.7 Å². The molecule has 1 atom stereocenters. The van der Waals surface area contributed by atoms with Gasteiger partial charge in [-0.25, -0.2) is 0 Å². The summed E-state index contributed by atoms with van der Waals surface area (Å²) < 4.78 is 0. The largest absolute Gasteiger partial charge is 0.333 e. The van der Waals surface area contributed by atoms with Gasteiger partial charge in [0.1, 0.15) is 0 Å². The highest BCUT2D eigenvalue weighted by molar-refractivity contribution is 7.10. The Morgan fingerprint density at radius 2 is 1.90 bits per heavy atom. The Bertz CT molecular complexity index is 1040. The molecule has 0 bridgehead atoms. The summed E-state index contributed by atoms with van der Waals surface area (Å²) >= 11 is 3.36. The number of rotatable bonds is 7. The van der Waals surface area contributed by atoms with E-state index in [2.05, 4.69) is 30.5 Å². The normalized spacial score (nSPS) is 15.5. The summed E-state index contributed by atoms with van der Waals surface area (Å²) in [6.45, 7) is 5.57. The third-order valence-corrected chi connectivity index (χ3v) is 7.72. The summed E-state index contributed by atoms with van der Waals surface area (Å²) in [7, 11) is 0. The monoisotopic (exact) mass is 452 g/mol. The van der Waals surface area contributed by atoms with Crippen molar-refractivity contribution in [1.29, 1.82) is 0 Å². The highest BCUT2D eigenvalue weighted by Crippen LogP contribution is 2.39. The molecule has 2 aromatic heterocycles. The highest BCUT2D eigenvalue weighted by Gasteiger charge is 2.34. The molecule has 0 fully saturated rings. The molecule has 3 aromatic rings. The van der Waals surface area contributed by atoms with Crippen molar-refractivity contribution in [3.63, 3.8) is 0 Å². The van der Waals surface area contributed by atoms with E-state index in [0.29, 0.717) is 19.5 Å². The van der Waals surface area contributed by atoms with Crippen LogP contribution in [0.25, 0.3) is 0 Å². The number of fused-ring (bicyclic) bond motifs is 1. The predicted octanol–water partition coefficient (Wildman–Crippen LogP) is 5.07. The minimum atomic E-state index is -0.0837. The number of carbonyl (C=O) groups is 2. The summed E-state index contributed by atoms with van der Waals surface area (Å²) in [4.78, 5) is 32.6. The first kappa shape index (κ1) is 21.8. The number of benzene rings is 1. The van der Waals surface area contributed by atoms with E-state index in [1.165, 1.54) is 21.6 Å². The van der Waals surface area contributed by atoms with Crippen LogP contribution in [0.1, 0.15) is 45.8 Å². The van der Waals surface area contributed by atoms with Crippen LogP contribution in [0.4, 0.5) is 0 Å². The van der Waals surface area contributed by atoms with Crippen molar-refractivity contribution in [2.45, 2.75) is 39.2 Å². The van der Waals surface area contributed by atoms with Gasteiger partial charge in [-0.1, -0.05) is 37.3 Å². The second-order valence-electron chi connectivity index (χ2n) is 7.97. The number of hydrogen-bond donors (Lipinski definition) is 0. The molecule has 3 heterocycles. The average Bonchev–Trinajstić information content (AvgIpc) is 3.45. The van der Waals surface area contributed by atoms with Crippen LogP contribution < -0.4 is 0 Å². The topological polar surface area (TPSA) is 40.6 Å². The minimum absolute atomic E-state index is 0.0260. The molecular formula is C25H28N2O2S2. The molecule has 0 N–H and O–H groups in total. The molecule has 0 spiro atoms. The summed E-state index contributed by atoms with van der Waals surface area (Å²) in [5.74, 6) is 0.0522. The van der Waals surface area contributed by atoms with E-state index in [1.54, 1.807) is 27.6 Å². The van der Waals surface area contributed by atoms with Gasteiger partial charge in [0.15, 0.2) is 0 Å². The van der Waals surface area contributed by atoms with E-state index >= 15 is 0 Å². The Morgan fingerprint density at radius 3 is 2.65 bits per heavy atom. The van der Waals surface area contributed by atoms with Gasteiger partial charge in [0.25, 0.3) is 0 Å². The Morgan fingerprint density at radius 1 is 1.06 bits per heavy atom. The second kappa shape index (κ2) is 9.79. The molecule has 162 valence electrons. The number of amides is 2. The fourth-order valence-electron chi connectivity index (χ4n) is 4.30. The first-order chi connectivity index (χ1) is 15.1. The van der Waals surface area contributed by atoms with Crippen LogP contribution in [0.3, 0.4) is 0 Å². The zero-order chi connectivity index (χ0) is 21.8. The lowest BCUT2D eigenvalue weighted by atomic mass is 9.90. The number of nitrogens with zero attached hydrogens (tertiary/aromatic N) is 2. The van der Waals surface area contributed by atoms with Gasteiger partial charge in [-0.3, -0.25) is 9.59 Å². The number of thiophene rings is 2. The van der Waals surface area contributed by atoms with E-state index in [9.17, 15) is 9.59 Å². The van der Waals surface area contributed by atoms with Crippen molar-refractivity contribution in [3.05, 3.63) is 79.7 Å². The van der Waals surface area contributed by atoms with Crippen LogP contribution in [0, 0.1) is 6.92 Å². The van der Waals surface area contributed by atoms with E-state index in [-0.39, 0.29) is 24.4 Å². The maximum atomic E-state index is 13.6. The quantitative estimate of drug-likeness (QED) is 0.502. The molecule has 4 nitrogen and oxygen atoms in total. The maximum absolute atomic E-state index is 13.6. The van der Waals surface area contributed by atoms with Crippen molar-refractivity contribution in [1.82, 2.24) is 9.80 Å². The van der Waals surface area contributed by atoms with Gasteiger partial charge in [-0.05, 0) is 59.3 Å². The van der Waals surface area contributed by atoms with Gasteiger partial charge in [-0.2, -0.15) is 0 Å². The molecule has 0 aliphatic carbocycles. The number of carbonyl (C=O) groups excluding carboxylic acids is 2. The fourth-order valence-corrected chi connectivity index (χ4v) is 5.90. The fraction of sp³-hybridized carbons (Fsp3) is 0.360. The van der Waals surface area contributed by atoms with Gasteiger partial charge in [0.2, 0.25) is 11.8 Å². The first-order valence-electron chi connectivity index (χ1n) is 10.8. The SMILES string of the molecule is CCCN(CC(=O)N1CCc2sccc2C1c1ccccc1C)C(=O)Cc1cccs1. The summed E-state index contributed by atoms with van der Waals surface area (Å²) in [5.41, 5.74) is 3.58. The van der Waals surface area contributed by atoms with Crippen LogP contribution in [0.5, 0.6) is 0 Å². The maximum Gasteiger partial charge on any atom is 0.242 e. The third-order valence-electron chi connectivity index (χ3n) is 5.85. The minimum Gasteiger partial charge on any atom is -0.333 e. The Balaban J connectivity index is 1.58. The van der Waals surface area contributed by atoms with Gasteiger partial charge >= 0.3 is 0 Å². The summed E-state index contributed by atoms with van der Waals surface area (Å²) in [5, 5.41) is 4.11. The molecule has 6 heteroatoms. The van der Waals surface area contributed by atoms with E-state index < -0.39 is 0 Å². The second-order valence-corrected chi connectivity index (χ2v) is 10.00. The van der Waals surface area contributed by atoms with Crippen LogP contribution in [0.15, 0.2) is 53.2 Å². The van der Waals surface area contributed by atoms with Gasteiger partial charge in [0, 0.05) is 22.8 Å². The van der Waals surface area contributed by atoms with Crippen molar-refractivity contribution < 1.29 is 9.59 Å². The molecule has 0 saturated heterocycles. The Labute approximate surface area is 192 Å². The molecule has 1 aromatic carbocycles. The average molecular weight is 453 g/mol. The zero-order valence-corrected chi connectivity index (χ0v) is 19.7. The van der Waals surface area contributed by atoms with Gasteiger partial charge < -0.3 is 9.80 Å². The van der Waals surface area contributed by atoms with Crippen molar-refractivity contribution in [2.24, 2.45) is 0 Å². The molecule has 1 unspecified atom stereocenters. The first-order valence-corrected chi connectivity index (χ1v) is 12.6. The standard InChI is InChI=1S/C25H28N2O2S2/c1-3-12-26(23(28)16-19-8-6-14-30-19)17-24(29)27-13-10-22-21(11-15-31-22)25(27)20-9-5-4-7-18(20)2/h4-9,11,14-15,25H,3,10,12-13,16-17H2,1-2H3. The van der Waals surface area contributed by atoms with Gasteiger partial charge in [0.05, 0.1) is 19.0 Å². The van der Waals surface area contributed by atoms with Crippen molar-refractivity contribution in [3.8, 4) is 0 Å². The lowest BCUT2D eigenvalue weighted by Gasteiger charge is -2.38. The lowest BCUT2D eigenvalue weighted by molar-refractivity contribution is -0.141. The van der Waals surface area contributed by atoms with E-state index in [1.807, 2.05) is 41.5 Å². The van der Waals surface area contributed by atoms with Crippen molar-refractivity contribution in [2.75, 3.05) is 19.6 Å². The molecule has 0 radical (unpaired) electrons. The molecule has 0 saturated carbocycles. The lowest BCUT2D eigenvalue weighted by Crippen LogP contribution is -2.47. The third kappa shape index (κ3) is 4.75. The Hall–Kier alpha value is -2.44. The molecule has 31 heavy (non-hydrogen) atoms. The molecule has 1 aliphatic heterocycles. The highest BCUT2D eigenvalue weighted by atomic mass is 32.1. The van der Waals surface area contributed by atoms with E-state index in [4.69, 9.17) is 0 Å². The molecule has 1 aliphatic rings. The van der Waals surface area contributed by atoms with Crippen LogP contribution in [0.2, 0.25) is 0 Å². The molecule has 4 rings (SSSR count). The molecule has 2 amide bonds. The zero-order valence-electron chi connectivity index (χ0n) is 18.0. The number of aryl methyl sites for hydroxylation is 1. The smallest absolute Gasteiger partial charge is 0.242 e. The van der Waals surface area contributed by atoms with Gasteiger partial charge in [-0.15, -0.1) is 22.7 Å². The predicted molar refractivity (Wildman–Crippen MR) is 128 cm³/mol. The molecular weight excluding hydrogens is 424 g/mol. The van der Waals surface area contributed by atoms with Crippen molar-refractivity contribution >= 4 is 34.5 Å². The summed E-state index contributed by atoms with van der Waals surface area (Å²) in [6, 6.07) is 14.3. The number of hydrogen-bond acceptors (Lipinski definition) is 4.